The number of nitrogens with zero attached hydrogens (tertiary/aromatic N) is 1. The third kappa shape index (κ3) is 3.72. The van der Waals surface area contributed by atoms with E-state index in [9.17, 15) is 0 Å². The van der Waals surface area contributed by atoms with Gasteiger partial charge in [-0.25, -0.2) is 0 Å². The van der Waals surface area contributed by atoms with Gasteiger partial charge in [0.1, 0.15) is 0 Å². The Morgan fingerprint density at radius 3 is 2.50 bits per heavy atom. The summed E-state index contributed by atoms with van der Waals surface area (Å²) in [7, 11) is 0. The molecule has 0 bridgehead atoms. The lowest BCUT2D eigenvalue weighted by molar-refractivity contribution is 0.724. The molecule has 18 heavy (non-hydrogen) atoms. The Balaban J connectivity index is 2.06. The van der Waals surface area contributed by atoms with E-state index in [0.717, 1.165) is 13.1 Å². The van der Waals surface area contributed by atoms with Gasteiger partial charge >= 0.3 is 0 Å². The van der Waals surface area contributed by atoms with E-state index in [-0.39, 0.29) is 0 Å². The van der Waals surface area contributed by atoms with Gasteiger partial charge in [-0.05, 0) is 37.1 Å². The Hall–Kier alpha value is -0.540. The first-order chi connectivity index (χ1) is 8.81. The largest absolute Gasteiger partial charge is 0.372 e. The van der Waals surface area contributed by atoms with Crippen molar-refractivity contribution in [3.05, 3.63) is 28.2 Å². The Morgan fingerprint density at radius 2 is 1.89 bits per heavy atom. The highest BCUT2D eigenvalue weighted by atomic mass is 79.9. The maximum atomic E-state index is 3.70. The summed E-state index contributed by atoms with van der Waals surface area (Å²) >= 11 is 3.70. The molecule has 1 aliphatic rings. The molecule has 1 aromatic rings. The Kier molecular flexibility index (Phi) is 5.51. The Labute approximate surface area is 119 Å². The van der Waals surface area contributed by atoms with Crippen LogP contribution in [0.15, 0.2) is 22.7 Å². The van der Waals surface area contributed by atoms with Gasteiger partial charge in [-0.3, -0.25) is 0 Å². The molecule has 0 spiro atoms. The normalized spacial score (nSPS) is 16.7. The van der Waals surface area contributed by atoms with Gasteiger partial charge in [0.05, 0.1) is 0 Å². The number of hydrogen-bond donors (Lipinski definition) is 1. The van der Waals surface area contributed by atoms with Crippen molar-refractivity contribution in [1.82, 2.24) is 5.32 Å². The number of rotatable bonds is 4. The van der Waals surface area contributed by atoms with Crippen molar-refractivity contribution in [2.24, 2.45) is 0 Å². The van der Waals surface area contributed by atoms with Gasteiger partial charge < -0.3 is 10.2 Å². The highest BCUT2D eigenvalue weighted by Crippen LogP contribution is 2.26. The van der Waals surface area contributed by atoms with Gasteiger partial charge in [-0.1, -0.05) is 41.8 Å². The second-order valence-electron chi connectivity index (χ2n) is 4.96. The molecule has 100 valence electrons. The van der Waals surface area contributed by atoms with Crippen LogP contribution in [0.25, 0.3) is 0 Å². The highest BCUT2D eigenvalue weighted by Gasteiger charge is 2.11. The van der Waals surface area contributed by atoms with Crippen LogP contribution in [0, 0.1) is 0 Å². The molecular formula is C15H23BrN2. The van der Waals surface area contributed by atoms with Crippen molar-refractivity contribution in [3.63, 3.8) is 0 Å². The van der Waals surface area contributed by atoms with E-state index >= 15 is 0 Å². The van der Waals surface area contributed by atoms with Crippen molar-refractivity contribution in [2.75, 3.05) is 24.5 Å². The molecule has 2 nitrogen and oxygen atoms in total. The first-order valence-corrected chi connectivity index (χ1v) is 7.84. The van der Waals surface area contributed by atoms with E-state index in [1.807, 2.05) is 0 Å². The van der Waals surface area contributed by atoms with E-state index < -0.39 is 0 Å². The first kappa shape index (κ1) is 13.9. The van der Waals surface area contributed by atoms with Gasteiger partial charge in [0.2, 0.25) is 0 Å². The smallest absolute Gasteiger partial charge is 0.0377 e. The summed E-state index contributed by atoms with van der Waals surface area (Å²) in [5.41, 5.74) is 2.71. The predicted molar refractivity (Wildman–Crippen MR) is 82.2 cm³/mol. The summed E-state index contributed by atoms with van der Waals surface area (Å²) in [6.07, 6.45) is 5.43. The summed E-state index contributed by atoms with van der Waals surface area (Å²) < 4.78 is 1.23. The van der Waals surface area contributed by atoms with Crippen LogP contribution < -0.4 is 10.2 Å². The van der Waals surface area contributed by atoms with E-state index in [1.54, 1.807) is 0 Å². The molecule has 1 saturated heterocycles. The molecule has 1 heterocycles. The molecule has 0 saturated carbocycles. The molecule has 0 aromatic heterocycles. The van der Waals surface area contributed by atoms with Gasteiger partial charge in [0.25, 0.3) is 0 Å². The van der Waals surface area contributed by atoms with Crippen LogP contribution in [0.2, 0.25) is 0 Å². The summed E-state index contributed by atoms with van der Waals surface area (Å²) in [4.78, 5) is 2.52. The molecule has 0 amide bonds. The van der Waals surface area contributed by atoms with Crippen LogP contribution in [0.1, 0.15) is 38.2 Å². The molecule has 0 atom stereocenters. The van der Waals surface area contributed by atoms with Crippen LogP contribution >= 0.6 is 15.9 Å². The Bertz CT molecular complexity index is 371. The van der Waals surface area contributed by atoms with Crippen molar-refractivity contribution in [2.45, 2.75) is 39.2 Å². The minimum atomic E-state index is 0.942. The molecule has 0 unspecified atom stereocenters. The molecule has 1 N–H and O–H groups in total. The topological polar surface area (TPSA) is 15.3 Å². The molecule has 2 rings (SSSR count). The van der Waals surface area contributed by atoms with E-state index in [4.69, 9.17) is 0 Å². The van der Waals surface area contributed by atoms with Gasteiger partial charge in [-0.15, -0.1) is 0 Å². The van der Waals surface area contributed by atoms with E-state index in [2.05, 4.69) is 51.3 Å². The zero-order valence-electron chi connectivity index (χ0n) is 11.2. The van der Waals surface area contributed by atoms with Gasteiger partial charge in [-0.2, -0.15) is 0 Å². The number of nitrogens with one attached hydrogen (secondary N) is 1. The fourth-order valence-electron chi connectivity index (χ4n) is 2.46. The Morgan fingerprint density at radius 1 is 1.17 bits per heavy atom. The lowest BCUT2D eigenvalue weighted by Gasteiger charge is -2.23. The van der Waals surface area contributed by atoms with Crippen molar-refractivity contribution in [1.29, 1.82) is 0 Å². The third-order valence-electron chi connectivity index (χ3n) is 3.57. The standard InChI is InChI=1S/C15H23BrN2/c1-2-17-12-13-7-8-14(11-15(13)16)18-9-5-3-4-6-10-18/h7-8,11,17H,2-6,9-10,12H2,1H3. The van der Waals surface area contributed by atoms with Gasteiger partial charge in [0, 0.05) is 29.8 Å². The number of halogens is 1. The summed E-state index contributed by atoms with van der Waals surface area (Å²) in [5, 5.41) is 3.37. The summed E-state index contributed by atoms with van der Waals surface area (Å²) in [5.74, 6) is 0. The molecule has 1 aliphatic heterocycles. The van der Waals surface area contributed by atoms with Crippen LogP contribution in [0.5, 0.6) is 0 Å². The maximum absolute atomic E-state index is 3.70. The minimum Gasteiger partial charge on any atom is -0.372 e. The maximum Gasteiger partial charge on any atom is 0.0377 e. The summed E-state index contributed by atoms with van der Waals surface area (Å²) in [6, 6.07) is 6.79. The second-order valence-corrected chi connectivity index (χ2v) is 5.81. The molecule has 1 fully saturated rings. The zero-order valence-corrected chi connectivity index (χ0v) is 12.8. The highest BCUT2D eigenvalue weighted by molar-refractivity contribution is 9.10. The lowest BCUT2D eigenvalue weighted by Crippen LogP contribution is -2.23. The van der Waals surface area contributed by atoms with E-state index in [0.29, 0.717) is 0 Å². The number of anilines is 1. The molecule has 3 heteroatoms. The molecule has 0 aliphatic carbocycles. The average molecular weight is 311 g/mol. The number of hydrogen-bond acceptors (Lipinski definition) is 2. The van der Waals surface area contributed by atoms with Gasteiger partial charge in [0.15, 0.2) is 0 Å². The van der Waals surface area contributed by atoms with Crippen LogP contribution in [0.4, 0.5) is 5.69 Å². The second kappa shape index (κ2) is 7.15. The van der Waals surface area contributed by atoms with Crippen LogP contribution in [0.3, 0.4) is 0 Å². The predicted octanol–water partition coefficient (Wildman–Crippen LogP) is 3.94. The zero-order chi connectivity index (χ0) is 12.8. The fourth-order valence-corrected chi connectivity index (χ4v) is 2.97. The lowest BCUT2D eigenvalue weighted by atomic mass is 10.2. The first-order valence-electron chi connectivity index (χ1n) is 7.05. The van der Waals surface area contributed by atoms with Crippen molar-refractivity contribution in [3.8, 4) is 0 Å². The van der Waals surface area contributed by atoms with Crippen LogP contribution in [-0.4, -0.2) is 19.6 Å². The number of benzene rings is 1. The fraction of sp³-hybridized carbons (Fsp3) is 0.600. The molecule has 0 radical (unpaired) electrons. The molecule has 1 aromatic carbocycles. The summed E-state index contributed by atoms with van der Waals surface area (Å²) in [6.45, 7) is 6.51. The third-order valence-corrected chi connectivity index (χ3v) is 4.31. The quantitative estimate of drug-likeness (QED) is 0.906. The molecular weight excluding hydrogens is 288 g/mol. The van der Waals surface area contributed by atoms with Crippen LogP contribution in [-0.2, 0) is 6.54 Å². The van der Waals surface area contributed by atoms with Crippen molar-refractivity contribution >= 4 is 21.6 Å². The monoisotopic (exact) mass is 310 g/mol. The SMILES string of the molecule is CCNCc1ccc(N2CCCCCC2)cc1Br. The van der Waals surface area contributed by atoms with Crippen molar-refractivity contribution < 1.29 is 0 Å². The minimum absolute atomic E-state index is 0.942. The average Bonchev–Trinajstić information content (AvgIpc) is 2.66. The van der Waals surface area contributed by atoms with E-state index in [1.165, 1.54) is 54.5 Å².